The van der Waals surface area contributed by atoms with E-state index in [0.29, 0.717) is 12.4 Å². The number of hydrogen-bond donors (Lipinski definition) is 0. The molecule has 5 heteroatoms. The van der Waals surface area contributed by atoms with Gasteiger partial charge in [-0.2, -0.15) is 0 Å². The van der Waals surface area contributed by atoms with Crippen molar-refractivity contribution in [1.82, 2.24) is 4.90 Å². The Labute approximate surface area is 110 Å². The zero-order valence-corrected chi connectivity index (χ0v) is 10.6. The van der Waals surface area contributed by atoms with Gasteiger partial charge in [-0.15, -0.1) is 11.6 Å². The fourth-order valence-electron chi connectivity index (χ4n) is 2.27. The van der Waals surface area contributed by atoms with E-state index >= 15 is 0 Å². The molecule has 98 valence electrons. The van der Waals surface area contributed by atoms with Crippen LogP contribution in [0.3, 0.4) is 0 Å². The van der Waals surface area contributed by atoms with E-state index in [1.54, 1.807) is 4.90 Å². The third kappa shape index (κ3) is 2.80. The first-order valence-electron chi connectivity index (χ1n) is 5.95. The van der Waals surface area contributed by atoms with Crippen molar-refractivity contribution in [2.45, 2.75) is 25.3 Å². The molecule has 0 radical (unpaired) electrons. The number of rotatable bonds is 2. The average Bonchev–Trinajstić information content (AvgIpc) is 2.36. The predicted octanol–water partition coefficient (Wildman–Crippen LogP) is 3.20. The third-order valence-electron chi connectivity index (χ3n) is 3.18. The zero-order valence-electron chi connectivity index (χ0n) is 9.83. The summed E-state index contributed by atoms with van der Waals surface area (Å²) in [6.07, 6.45) is 2.77. The summed E-state index contributed by atoms with van der Waals surface area (Å²) in [6, 6.07) is 2.84. The lowest BCUT2D eigenvalue weighted by atomic mass is 10.0. The molecular weight excluding hydrogens is 260 g/mol. The molecule has 1 atom stereocenters. The van der Waals surface area contributed by atoms with Crippen molar-refractivity contribution < 1.29 is 13.6 Å². The number of amides is 1. The molecule has 1 heterocycles. The monoisotopic (exact) mass is 273 g/mol. The van der Waals surface area contributed by atoms with E-state index in [1.807, 2.05) is 0 Å². The van der Waals surface area contributed by atoms with Crippen LogP contribution in [-0.4, -0.2) is 29.3 Å². The van der Waals surface area contributed by atoms with Gasteiger partial charge in [0.05, 0.1) is 0 Å². The SMILES string of the molecule is O=C(c1cc(F)cc(F)c1)N1CCCCC1CCl. The van der Waals surface area contributed by atoms with Gasteiger partial charge in [0.15, 0.2) is 0 Å². The Morgan fingerprint density at radius 3 is 2.56 bits per heavy atom. The molecule has 1 aliphatic heterocycles. The van der Waals surface area contributed by atoms with Crippen molar-refractivity contribution in [2.75, 3.05) is 12.4 Å². The maximum absolute atomic E-state index is 13.1. The number of carbonyl (C=O) groups excluding carboxylic acids is 1. The maximum atomic E-state index is 13.1. The number of likely N-dealkylation sites (tertiary alicyclic amines) is 1. The highest BCUT2D eigenvalue weighted by Gasteiger charge is 2.27. The number of hydrogen-bond acceptors (Lipinski definition) is 1. The smallest absolute Gasteiger partial charge is 0.254 e. The number of benzene rings is 1. The number of piperidine rings is 1. The molecule has 0 spiro atoms. The highest BCUT2D eigenvalue weighted by molar-refractivity contribution is 6.18. The second-order valence-electron chi connectivity index (χ2n) is 4.46. The Hall–Kier alpha value is -1.16. The van der Waals surface area contributed by atoms with E-state index in [0.717, 1.165) is 37.5 Å². The molecular formula is C13H14ClF2NO. The maximum Gasteiger partial charge on any atom is 0.254 e. The topological polar surface area (TPSA) is 20.3 Å². The quantitative estimate of drug-likeness (QED) is 0.758. The van der Waals surface area contributed by atoms with Crippen LogP contribution >= 0.6 is 11.6 Å². The van der Waals surface area contributed by atoms with Crippen molar-refractivity contribution in [3.8, 4) is 0 Å². The van der Waals surface area contributed by atoms with Gasteiger partial charge in [0, 0.05) is 30.1 Å². The fraction of sp³-hybridized carbons (Fsp3) is 0.462. The van der Waals surface area contributed by atoms with Crippen molar-refractivity contribution >= 4 is 17.5 Å². The van der Waals surface area contributed by atoms with Crippen LogP contribution in [0.25, 0.3) is 0 Å². The number of carbonyl (C=O) groups is 1. The van der Waals surface area contributed by atoms with Gasteiger partial charge in [-0.1, -0.05) is 0 Å². The van der Waals surface area contributed by atoms with Crippen LogP contribution < -0.4 is 0 Å². The lowest BCUT2D eigenvalue weighted by Crippen LogP contribution is -2.44. The highest BCUT2D eigenvalue weighted by Crippen LogP contribution is 2.21. The average molecular weight is 274 g/mol. The first kappa shape index (κ1) is 13.3. The summed E-state index contributed by atoms with van der Waals surface area (Å²) in [7, 11) is 0. The van der Waals surface area contributed by atoms with Gasteiger partial charge < -0.3 is 4.90 Å². The normalized spacial score (nSPS) is 19.9. The summed E-state index contributed by atoms with van der Waals surface area (Å²) in [5.41, 5.74) is 0.0458. The van der Waals surface area contributed by atoms with Crippen LogP contribution in [0.5, 0.6) is 0 Å². The molecule has 1 saturated heterocycles. The zero-order chi connectivity index (χ0) is 13.1. The van der Waals surface area contributed by atoms with Gasteiger partial charge >= 0.3 is 0 Å². The van der Waals surface area contributed by atoms with Crippen LogP contribution in [0.4, 0.5) is 8.78 Å². The highest BCUT2D eigenvalue weighted by atomic mass is 35.5. The lowest BCUT2D eigenvalue weighted by Gasteiger charge is -2.34. The van der Waals surface area contributed by atoms with Crippen LogP contribution in [-0.2, 0) is 0 Å². The minimum absolute atomic E-state index is 0.0424. The van der Waals surface area contributed by atoms with Gasteiger partial charge in [-0.3, -0.25) is 4.79 Å². The molecule has 1 amide bonds. The first-order chi connectivity index (χ1) is 8.61. The number of nitrogens with zero attached hydrogens (tertiary/aromatic N) is 1. The van der Waals surface area contributed by atoms with Crippen molar-refractivity contribution in [1.29, 1.82) is 0 Å². The van der Waals surface area contributed by atoms with Gasteiger partial charge in [-0.05, 0) is 31.4 Å². The standard InChI is InChI=1S/C13H14ClF2NO/c14-8-12-3-1-2-4-17(12)13(18)9-5-10(15)7-11(16)6-9/h5-7,12H,1-4,8H2. The van der Waals surface area contributed by atoms with Gasteiger partial charge in [0.2, 0.25) is 0 Å². The van der Waals surface area contributed by atoms with Gasteiger partial charge in [0.1, 0.15) is 11.6 Å². The molecule has 2 nitrogen and oxygen atoms in total. The Kier molecular flexibility index (Phi) is 4.17. The number of halogens is 3. The minimum atomic E-state index is -0.738. The molecule has 1 aromatic rings. The van der Waals surface area contributed by atoms with Crippen LogP contribution in [0.2, 0.25) is 0 Å². The van der Waals surface area contributed by atoms with Crippen LogP contribution in [0, 0.1) is 11.6 Å². The summed E-state index contributed by atoms with van der Waals surface area (Å²) in [5.74, 6) is -1.47. The Bertz CT molecular complexity index is 432. The van der Waals surface area contributed by atoms with E-state index in [2.05, 4.69) is 0 Å². The van der Waals surface area contributed by atoms with Gasteiger partial charge in [-0.25, -0.2) is 8.78 Å². The van der Waals surface area contributed by atoms with Crippen molar-refractivity contribution in [3.05, 3.63) is 35.4 Å². The van der Waals surface area contributed by atoms with E-state index in [-0.39, 0.29) is 17.5 Å². The molecule has 0 bridgehead atoms. The van der Waals surface area contributed by atoms with Crippen molar-refractivity contribution in [3.63, 3.8) is 0 Å². The first-order valence-corrected chi connectivity index (χ1v) is 6.48. The van der Waals surface area contributed by atoms with E-state index in [1.165, 1.54) is 0 Å². The molecule has 1 aliphatic rings. The molecule has 1 aromatic carbocycles. The number of alkyl halides is 1. The summed E-state index contributed by atoms with van der Waals surface area (Å²) in [6.45, 7) is 0.592. The van der Waals surface area contributed by atoms with Crippen molar-refractivity contribution in [2.24, 2.45) is 0 Å². The Morgan fingerprint density at radius 2 is 1.94 bits per heavy atom. The minimum Gasteiger partial charge on any atom is -0.334 e. The Morgan fingerprint density at radius 1 is 1.28 bits per heavy atom. The third-order valence-corrected chi connectivity index (χ3v) is 3.53. The largest absolute Gasteiger partial charge is 0.334 e. The summed E-state index contributed by atoms with van der Waals surface area (Å²) >= 11 is 5.83. The molecule has 1 fully saturated rings. The second-order valence-corrected chi connectivity index (χ2v) is 4.77. The van der Waals surface area contributed by atoms with Crippen LogP contribution in [0.1, 0.15) is 29.6 Å². The molecule has 0 aromatic heterocycles. The van der Waals surface area contributed by atoms with E-state index in [4.69, 9.17) is 11.6 Å². The lowest BCUT2D eigenvalue weighted by molar-refractivity contribution is 0.0638. The summed E-state index contributed by atoms with van der Waals surface area (Å²) in [5, 5.41) is 0. The summed E-state index contributed by atoms with van der Waals surface area (Å²) < 4.78 is 26.2. The summed E-state index contributed by atoms with van der Waals surface area (Å²) in [4.78, 5) is 13.8. The molecule has 0 aliphatic carbocycles. The molecule has 1 unspecified atom stereocenters. The second kappa shape index (κ2) is 5.65. The molecule has 0 N–H and O–H groups in total. The van der Waals surface area contributed by atoms with Crippen LogP contribution in [0.15, 0.2) is 18.2 Å². The fourth-order valence-corrected chi connectivity index (χ4v) is 2.59. The molecule has 2 rings (SSSR count). The van der Waals surface area contributed by atoms with E-state index in [9.17, 15) is 13.6 Å². The Balaban J connectivity index is 2.23. The van der Waals surface area contributed by atoms with Gasteiger partial charge in [0.25, 0.3) is 5.91 Å². The predicted molar refractivity (Wildman–Crippen MR) is 65.8 cm³/mol. The molecule has 0 saturated carbocycles. The molecule has 18 heavy (non-hydrogen) atoms. The van der Waals surface area contributed by atoms with E-state index < -0.39 is 11.6 Å².